The average molecular weight is 268 g/mol. The Balaban J connectivity index is 1.98. The molecule has 0 unspecified atom stereocenters. The molecular formula is C14H24N2OS. The fourth-order valence-electron chi connectivity index (χ4n) is 1.52. The van der Waals surface area contributed by atoms with Crippen LogP contribution in [0.15, 0.2) is 35.2 Å². The van der Waals surface area contributed by atoms with Crippen LogP contribution in [0.3, 0.4) is 0 Å². The zero-order chi connectivity index (χ0) is 13.1. The van der Waals surface area contributed by atoms with Crippen molar-refractivity contribution in [1.29, 1.82) is 0 Å². The molecule has 3 nitrogen and oxygen atoms in total. The van der Waals surface area contributed by atoms with Crippen LogP contribution >= 0.6 is 11.8 Å². The van der Waals surface area contributed by atoms with E-state index in [0.29, 0.717) is 0 Å². The standard InChI is InChI=1S/C14H24N2OS/c1-16(10-8-15-9-12-17-2)11-13-18-14-6-4-3-5-7-14/h3-7,15H,8-13H2,1-2H3. The van der Waals surface area contributed by atoms with Gasteiger partial charge < -0.3 is 15.0 Å². The van der Waals surface area contributed by atoms with Gasteiger partial charge in [0.1, 0.15) is 0 Å². The summed E-state index contributed by atoms with van der Waals surface area (Å²) in [6.45, 7) is 4.94. The van der Waals surface area contributed by atoms with Gasteiger partial charge in [-0.05, 0) is 19.2 Å². The smallest absolute Gasteiger partial charge is 0.0587 e. The van der Waals surface area contributed by atoms with Crippen LogP contribution in [-0.2, 0) is 4.74 Å². The SMILES string of the molecule is COCCNCCN(C)CCSc1ccccc1. The van der Waals surface area contributed by atoms with Gasteiger partial charge in [0.15, 0.2) is 0 Å². The molecule has 0 bridgehead atoms. The van der Waals surface area contributed by atoms with E-state index >= 15 is 0 Å². The molecule has 0 aliphatic heterocycles. The highest BCUT2D eigenvalue weighted by Crippen LogP contribution is 2.16. The number of hydrogen-bond donors (Lipinski definition) is 1. The van der Waals surface area contributed by atoms with Crippen molar-refractivity contribution in [1.82, 2.24) is 10.2 Å². The van der Waals surface area contributed by atoms with Crippen LogP contribution in [0, 0.1) is 0 Å². The summed E-state index contributed by atoms with van der Waals surface area (Å²) in [4.78, 5) is 3.71. The summed E-state index contributed by atoms with van der Waals surface area (Å²) >= 11 is 1.91. The molecular weight excluding hydrogens is 244 g/mol. The first-order valence-electron chi connectivity index (χ1n) is 6.39. The summed E-state index contributed by atoms with van der Waals surface area (Å²) in [6, 6.07) is 10.6. The number of nitrogens with zero attached hydrogens (tertiary/aromatic N) is 1. The molecule has 0 heterocycles. The van der Waals surface area contributed by atoms with Crippen LogP contribution in [0.5, 0.6) is 0 Å². The van der Waals surface area contributed by atoms with E-state index in [4.69, 9.17) is 4.74 Å². The zero-order valence-electron chi connectivity index (χ0n) is 11.4. The molecule has 1 aromatic rings. The molecule has 0 radical (unpaired) electrons. The van der Waals surface area contributed by atoms with Crippen LogP contribution < -0.4 is 5.32 Å². The summed E-state index contributed by atoms with van der Waals surface area (Å²) in [5.41, 5.74) is 0. The van der Waals surface area contributed by atoms with E-state index in [-0.39, 0.29) is 0 Å². The molecule has 0 aliphatic carbocycles. The Hall–Kier alpha value is -0.550. The minimum Gasteiger partial charge on any atom is -0.383 e. The van der Waals surface area contributed by atoms with Gasteiger partial charge in [0.2, 0.25) is 0 Å². The molecule has 1 N–H and O–H groups in total. The van der Waals surface area contributed by atoms with E-state index in [9.17, 15) is 0 Å². The van der Waals surface area contributed by atoms with E-state index in [1.165, 1.54) is 4.90 Å². The quantitative estimate of drug-likeness (QED) is 0.518. The van der Waals surface area contributed by atoms with E-state index in [1.54, 1.807) is 7.11 Å². The molecule has 0 spiro atoms. The lowest BCUT2D eigenvalue weighted by Gasteiger charge is -2.16. The van der Waals surface area contributed by atoms with Gasteiger partial charge in [-0.2, -0.15) is 0 Å². The number of hydrogen-bond acceptors (Lipinski definition) is 4. The number of likely N-dealkylation sites (N-methyl/N-ethyl adjacent to an activating group) is 1. The van der Waals surface area contributed by atoms with Crippen LogP contribution in [0.2, 0.25) is 0 Å². The van der Waals surface area contributed by atoms with Crippen molar-refractivity contribution in [2.24, 2.45) is 0 Å². The number of methoxy groups -OCH3 is 1. The largest absolute Gasteiger partial charge is 0.383 e. The van der Waals surface area contributed by atoms with Gasteiger partial charge in [0.05, 0.1) is 6.61 Å². The predicted molar refractivity (Wildman–Crippen MR) is 79.4 cm³/mol. The highest BCUT2D eigenvalue weighted by molar-refractivity contribution is 7.99. The maximum atomic E-state index is 4.98. The van der Waals surface area contributed by atoms with Crippen LogP contribution in [0.25, 0.3) is 0 Å². The second-order valence-electron chi connectivity index (χ2n) is 4.21. The first kappa shape index (κ1) is 15.5. The van der Waals surface area contributed by atoms with Gasteiger partial charge in [-0.25, -0.2) is 0 Å². The molecule has 18 heavy (non-hydrogen) atoms. The molecule has 4 heteroatoms. The molecule has 0 saturated carbocycles. The third-order valence-electron chi connectivity index (χ3n) is 2.64. The molecule has 0 fully saturated rings. The number of rotatable bonds is 10. The zero-order valence-corrected chi connectivity index (χ0v) is 12.2. The normalized spacial score (nSPS) is 11.1. The Morgan fingerprint density at radius 1 is 1.17 bits per heavy atom. The van der Waals surface area contributed by atoms with Crippen LogP contribution in [-0.4, -0.2) is 57.6 Å². The summed E-state index contributed by atoms with van der Waals surface area (Å²) in [5.74, 6) is 1.14. The van der Waals surface area contributed by atoms with Gasteiger partial charge in [-0.15, -0.1) is 11.8 Å². The topological polar surface area (TPSA) is 24.5 Å². The van der Waals surface area contributed by atoms with Gasteiger partial charge in [0.25, 0.3) is 0 Å². The monoisotopic (exact) mass is 268 g/mol. The second-order valence-corrected chi connectivity index (χ2v) is 5.38. The fourth-order valence-corrected chi connectivity index (χ4v) is 2.51. The van der Waals surface area contributed by atoms with Crippen molar-refractivity contribution in [3.8, 4) is 0 Å². The third-order valence-corrected chi connectivity index (χ3v) is 3.63. The fraction of sp³-hybridized carbons (Fsp3) is 0.571. The number of nitrogens with one attached hydrogen (secondary N) is 1. The van der Waals surface area contributed by atoms with Crippen molar-refractivity contribution in [3.05, 3.63) is 30.3 Å². The molecule has 0 atom stereocenters. The number of ether oxygens (including phenoxy) is 1. The van der Waals surface area contributed by atoms with E-state index in [0.717, 1.165) is 38.5 Å². The highest BCUT2D eigenvalue weighted by Gasteiger charge is 1.98. The Morgan fingerprint density at radius 3 is 2.67 bits per heavy atom. The van der Waals surface area contributed by atoms with Gasteiger partial charge in [-0.3, -0.25) is 0 Å². The van der Waals surface area contributed by atoms with E-state index in [2.05, 4.69) is 47.6 Å². The summed E-state index contributed by atoms with van der Waals surface area (Å²) in [5, 5.41) is 3.35. The maximum absolute atomic E-state index is 4.98. The van der Waals surface area contributed by atoms with E-state index in [1.807, 2.05) is 11.8 Å². The second kappa shape index (κ2) is 10.4. The van der Waals surface area contributed by atoms with E-state index < -0.39 is 0 Å². The lowest BCUT2D eigenvalue weighted by molar-refractivity contribution is 0.198. The minimum atomic E-state index is 0.785. The van der Waals surface area contributed by atoms with Crippen molar-refractivity contribution >= 4 is 11.8 Å². The molecule has 1 aromatic carbocycles. The molecule has 0 amide bonds. The van der Waals surface area contributed by atoms with Crippen molar-refractivity contribution in [3.63, 3.8) is 0 Å². The summed E-state index contributed by atoms with van der Waals surface area (Å²) in [6.07, 6.45) is 0. The number of benzene rings is 1. The van der Waals surface area contributed by atoms with Gasteiger partial charge in [-0.1, -0.05) is 18.2 Å². The summed E-state index contributed by atoms with van der Waals surface area (Å²) < 4.78 is 4.98. The lowest BCUT2D eigenvalue weighted by Crippen LogP contribution is -2.32. The predicted octanol–water partition coefficient (Wildman–Crippen LogP) is 1.95. The maximum Gasteiger partial charge on any atom is 0.0587 e. The van der Waals surface area contributed by atoms with Crippen molar-refractivity contribution < 1.29 is 4.74 Å². The third kappa shape index (κ3) is 7.71. The first-order valence-corrected chi connectivity index (χ1v) is 7.37. The van der Waals surface area contributed by atoms with Crippen molar-refractivity contribution in [2.75, 3.05) is 52.7 Å². The Morgan fingerprint density at radius 2 is 1.94 bits per heavy atom. The number of thioether (sulfide) groups is 1. The average Bonchev–Trinajstić information content (AvgIpc) is 2.40. The van der Waals surface area contributed by atoms with Gasteiger partial charge in [0, 0.05) is 43.9 Å². The summed E-state index contributed by atoms with van der Waals surface area (Å²) in [7, 11) is 3.90. The Labute approximate surface area is 115 Å². The first-order chi connectivity index (χ1) is 8.83. The Bertz CT molecular complexity index is 295. The minimum absolute atomic E-state index is 0.785. The van der Waals surface area contributed by atoms with Crippen LogP contribution in [0.4, 0.5) is 0 Å². The van der Waals surface area contributed by atoms with Crippen molar-refractivity contribution in [2.45, 2.75) is 4.90 Å². The Kier molecular flexibility index (Phi) is 8.94. The molecule has 0 aliphatic rings. The van der Waals surface area contributed by atoms with Gasteiger partial charge >= 0.3 is 0 Å². The molecule has 0 aromatic heterocycles. The lowest BCUT2D eigenvalue weighted by atomic mass is 10.4. The highest BCUT2D eigenvalue weighted by atomic mass is 32.2. The van der Waals surface area contributed by atoms with Crippen LogP contribution in [0.1, 0.15) is 0 Å². The molecule has 1 rings (SSSR count). The molecule has 0 saturated heterocycles. The molecule has 102 valence electrons.